The number of alkyl carbamates (subject to hydrolysis) is 1. The highest BCUT2D eigenvalue weighted by atomic mass is 32.2. The Morgan fingerprint density at radius 1 is 1.19 bits per heavy atom. The van der Waals surface area contributed by atoms with Gasteiger partial charge in [-0.05, 0) is 20.1 Å². The molecule has 0 aliphatic rings. The van der Waals surface area contributed by atoms with Crippen LogP contribution in [-0.2, 0) is 9.47 Å². The van der Waals surface area contributed by atoms with Gasteiger partial charge in [-0.25, -0.2) is 15.0 Å². The summed E-state index contributed by atoms with van der Waals surface area (Å²) in [5.74, 6) is 0. The first kappa shape index (κ1) is 14.6. The van der Waals surface area contributed by atoms with Gasteiger partial charge < -0.3 is 9.47 Å². The second-order valence-corrected chi connectivity index (χ2v) is 3.09. The van der Waals surface area contributed by atoms with E-state index in [1.807, 2.05) is 0 Å². The number of nitrogens with zero attached hydrogens (tertiary/aromatic N) is 1. The molecule has 0 aromatic heterocycles. The average Bonchev–Trinajstić information content (AvgIpc) is 2.25. The van der Waals surface area contributed by atoms with Gasteiger partial charge in [-0.1, -0.05) is 11.8 Å². The van der Waals surface area contributed by atoms with Gasteiger partial charge in [0.05, 0.1) is 13.2 Å². The molecular formula is C8H15N3O4S. The van der Waals surface area contributed by atoms with Crippen LogP contribution in [0.2, 0.25) is 0 Å². The number of hydrogen-bond acceptors (Lipinski definition) is 6. The molecule has 0 aromatic rings. The van der Waals surface area contributed by atoms with E-state index >= 15 is 0 Å². The molecule has 0 heterocycles. The number of nitrogens with one attached hydrogen (secondary N) is 2. The molecule has 0 fully saturated rings. The molecule has 0 unspecified atom stereocenters. The minimum Gasteiger partial charge on any atom is -0.450 e. The van der Waals surface area contributed by atoms with Crippen LogP contribution in [0, 0.1) is 0 Å². The van der Waals surface area contributed by atoms with E-state index in [1.54, 1.807) is 20.1 Å². The second-order valence-electron chi connectivity index (χ2n) is 2.30. The molecule has 2 amide bonds. The molecule has 0 bridgehead atoms. The van der Waals surface area contributed by atoms with E-state index in [0.29, 0.717) is 0 Å². The average molecular weight is 249 g/mol. The summed E-state index contributed by atoms with van der Waals surface area (Å²) >= 11 is 1.15. The Morgan fingerprint density at radius 2 is 1.75 bits per heavy atom. The Labute approximate surface area is 97.9 Å². The number of carbonyl (C=O) groups is 2. The van der Waals surface area contributed by atoms with Crippen LogP contribution >= 0.6 is 11.8 Å². The standard InChI is InChI=1S/C8H15N3O4S/c1-4-14-7(12)9-6(16-3)10-11-8(13)15-5-2/h4-5H2,1-3H3,(H,11,13)(H,9,10,12). The molecule has 16 heavy (non-hydrogen) atoms. The third-order valence-electron chi connectivity index (χ3n) is 1.20. The second kappa shape index (κ2) is 8.84. The number of rotatable bonds is 3. The third-order valence-corrected chi connectivity index (χ3v) is 1.78. The molecule has 0 aromatic carbocycles. The van der Waals surface area contributed by atoms with E-state index in [-0.39, 0.29) is 18.4 Å². The number of carbonyl (C=O) groups excluding carboxylic acids is 2. The minimum atomic E-state index is -0.681. The zero-order valence-electron chi connectivity index (χ0n) is 9.40. The van der Waals surface area contributed by atoms with Crippen molar-refractivity contribution in [2.45, 2.75) is 13.8 Å². The fraction of sp³-hybridized carbons (Fsp3) is 0.625. The summed E-state index contributed by atoms with van der Waals surface area (Å²) in [5.41, 5.74) is 2.12. The lowest BCUT2D eigenvalue weighted by molar-refractivity contribution is 0.151. The molecule has 8 heteroatoms. The first-order valence-corrected chi connectivity index (χ1v) is 5.84. The van der Waals surface area contributed by atoms with Crippen LogP contribution in [0.3, 0.4) is 0 Å². The summed E-state index contributed by atoms with van der Waals surface area (Å²) in [5, 5.41) is 6.19. The van der Waals surface area contributed by atoms with Crippen molar-refractivity contribution in [2.24, 2.45) is 5.10 Å². The molecule has 0 saturated carbocycles. The van der Waals surface area contributed by atoms with Crippen molar-refractivity contribution in [3.05, 3.63) is 0 Å². The van der Waals surface area contributed by atoms with Gasteiger partial charge in [0.15, 0.2) is 5.17 Å². The number of amides is 2. The van der Waals surface area contributed by atoms with Gasteiger partial charge in [0, 0.05) is 0 Å². The van der Waals surface area contributed by atoms with Crippen molar-refractivity contribution >= 4 is 29.1 Å². The molecule has 0 spiro atoms. The quantitative estimate of drug-likeness (QED) is 0.444. The van der Waals surface area contributed by atoms with Gasteiger partial charge in [-0.3, -0.25) is 5.32 Å². The first-order chi connectivity index (χ1) is 7.63. The van der Waals surface area contributed by atoms with Crippen LogP contribution in [-0.4, -0.2) is 36.8 Å². The molecule has 2 N–H and O–H groups in total. The van der Waals surface area contributed by atoms with Crippen molar-refractivity contribution < 1.29 is 19.1 Å². The van der Waals surface area contributed by atoms with E-state index in [9.17, 15) is 9.59 Å². The van der Waals surface area contributed by atoms with Crippen molar-refractivity contribution in [3.63, 3.8) is 0 Å². The summed E-state index contributed by atoms with van der Waals surface area (Å²) in [4.78, 5) is 21.9. The zero-order chi connectivity index (χ0) is 12.4. The lowest BCUT2D eigenvalue weighted by atomic mass is 10.9. The van der Waals surface area contributed by atoms with Gasteiger partial charge in [0.2, 0.25) is 0 Å². The Hall–Kier alpha value is -1.44. The third kappa shape index (κ3) is 6.93. The van der Waals surface area contributed by atoms with Crippen molar-refractivity contribution in [3.8, 4) is 0 Å². The lowest BCUT2D eigenvalue weighted by Crippen LogP contribution is -2.31. The van der Waals surface area contributed by atoms with E-state index in [0.717, 1.165) is 11.8 Å². The number of thioether (sulfide) groups is 1. The molecule has 0 saturated heterocycles. The van der Waals surface area contributed by atoms with Crippen LogP contribution < -0.4 is 10.7 Å². The van der Waals surface area contributed by atoms with E-state index in [2.05, 4.69) is 25.3 Å². The van der Waals surface area contributed by atoms with Crippen LogP contribution in [0.1, 0.15) is 13.8 Å². The number of ether oxygens (including phenoxy) is 2. The highest BCUT2D eigenvalue weighted by Crippen LogP contribution is 1.94. The molecule has 92 valence electrons. The Kier molecular flexibility index (Phi) is 8.04. The zero-order valence-corrected chi connectivity index (χ0v) is 10.2. The van der Waals surface area contributed by atoms with E-state index < -0.39 is 12.2 Å². The Bertz CT molecular complexity index is 270. The molecule has 0 atom stereocenters. The predicted octanol–water partition coefficient (Wildman–Crippen LogP) is 1.11. The first-order valence-electron chi connectivity index (χ1n) is 4.62. The summed E-state index contributed by atoms with van der Waals surface area (Å²) < 4.78 is 9.22. The number of hydrazone groups is 1. The summed E-state index contributed by atoms with van der Waals surface area (Å²) in [6.07, 6.45) is 0.388. The van der Waals surface area contributed by atoms with Crippen LogP contribution in [0.4, 0.5) is 9.59 Å². The van der Waals surface area contributed by atoms with Gasteiger partial charge in [-0.2, -0.15) is 0 Å². The maximum atomic E-state index is 11.0. The van der Waals surface area contributed by atoms with E-state index in [1.165, 1.54) is 0 Å². The number of amidine groups is 1. The fourth-order valence-corrected chi connectivity index (χ4v) is 0.961. The van der Waals surface area contributed by atoms with E-state index in [4.69, 9.17) is 0 Å². The number of hydrogen-bond donors (Lipinski definition) is 2. The monoisotopic (exact) mass is 249 g/mol. The molecule has 0 aliphatic heterocycles. The maximum Gasteiger partial charge on any atom is 0.427 e. The minimum absolute atomic E-state index is 0.214. The van der Waals surface area contributed by atoms with Crippen molar-refractivity contribution in [1.82, 2.24) is 10.7 Å². The van der Waals surface area contributed by atoms with Crippen LogP contribution in [0.25, 0.3) is 0 Å². The largest absolute Gasteiger partial charge is 0.450 e. The van der Waals surface area contributed by atoms with Gasteiger partial charge in [0.1, 0.15) is 0 Å². The highest BCUT2D eigenvalue weighted by Gasteiger charge is 2.06. The molecule has 0 radical (unpaired) electrons. The molecule has 0 aliphatic carbocycles. The smallest absolute Gasteiger partial charge is 0.427 e. The van der Waals surface area contributed by atoms with Gasteiger partial charge >= 0.3 is 12.2 Å². The summed E-state index contributed by atoms with van der Waals surface area (Å²) in [7, 11) is 0. The summed E-state index contributed by atoms with van der Waals surface area (Å²) in [6.45, 7) is 3.88. The topological polar surface area (TPSA) is 89.0 Å². The van der Waals surface area contributed by atoms with Crippen LogP contribution in [0.5, 0.6) is 0 Å². The van der Waals surface area contributed by atoms with Crippen LogP contribution in [0.15, 0.2) is 5.10 Å². The molecule has 7 nitrogen and oxygen atoms in total. The molecule has 0 rings (SSSR count). The predicted molar refractivity (Wildman–Crippen MR) is 61.3 cm³/mol. The normalized spacial score (nSPS) is 10.6. The summed E-state index contributed by atoms with van der Waals surface area (Å²) in [6, 6.07) is 0. The lowest BCUT2D eigenvalue weighted by Gasteiger charge is -2.06. The van der Waals surface area contributed by atoms with Crippen molar-refractivity contribution in [1.29, 1.82) is 0 Å². The van der Waals surface area contributed by atoms with Crippen molar-refractivity contribution in [2.75, 3.05) is 19.5 Å². The Morgan fingerprint density at radius 3 is 2.25 bits per heavy atom. The SMILES string of the molecule is CCOC(=O)N/N=C(/NC(=O)OCC)SC. The highest BCUT2D eigenvalue weighted by molar-refractivity contribution is 8.13. The fourth-order valence-electron chi connectivity index (χ4n) is 0.639. The molecular weight excluding hydrogens is 234 g/mol. The Balaban J connectivity index is 4.11. The van der Waals surface area contributed by atoms with Gasteiger partial charge in [-0.15, -0.1) is 5.10 Å². The maximum absolute atomic E-state index is 11.0. The van der Waals surface area contributed by atoms with Gasteiger partial charge in [0.25, 0.3) is 0 Å².